The molecule has 3 N–H and O–H groups in total. The first-order valence-electron chi connectivity index (χ1n) is 5.66. The zero-order valence-electron chi connectivity index (χ0n) is 9.90. The van der Waals surface area contributed by atoms with Crippen molar-refractivity contribution in [3.8, 4) is 0 Å². The van der Waals surface area contributed by atoms with E-state index >= 15 is 0 Å². The van der Waals surface area contributed by atoms with Crippen LogP contribution in [0, 0.1) is 0 Å². The average Bonchev–Trinajstić information content (AvgIpc) is 2.27. The summed E-state index contributed by atoms with van der Waals surface area (Å²) < 4.78 is 0. The second-order valence-electron chi connectivity index (χ2n) is 3.82. The lowest BCUT2D eigenvalue weighted by molar-refractivity contribution is 0.191. The minimum Gasteiger partial charge on any atom is -0.392 e. The van der Waals surface area contributed by atoms with Crippen LogP contribution < -0.4 is 10.6 Å². The van der Waals surface area contributed by atoms with Crippen LogP contribution in [0.4, 0.5) is 5.95 Å². The van der Waals surface area contributed by atoms with Crippen molar-refractivity contribution in [1.29, 1.82) is 0 Å². The standard InChI is InChI=1S/C11H20N4O/c1-3-4-13-11-14-7-10(8-15-11)6-12-5-9(2)16/h7-9,12,16H,3-6H2,1-2H3,(H,13,14,15)/t9-/m0/s1. The first-order chi connectivity index (χ1) is 7.72. The SMILES string of the molecule is CCCNc1ncc(CNC[C@H](C)O)cn1. The van der Waals surface area contributed by atoms with Crippen molar-refractivity contribution < 1.29 is 5.11 Å². The summed E-state index contributed by atoms with van der Waals surface area (Å²) in [6.45, 7) is 6.00. The zero-order valence-corrected chi connectivity index (χ0v) is 9.90. The van der Waals surface area contributed by atoms with Crippen molar-refractivity contribution in [2.75, 3.05) is 18.4 Å². The maximum absolute atomic E-state index is 9.07. The summed E-state index contributed by atoms with van der Waals surface area (Å²) in [5.41, 5.74) is 1.02. The number of aromatic nitrogens is 2. The summed E-state index contributed by atoms with van der Waals surface area (Å²) in [6, 6.07) is 0. The average molecular weight is 224 g/mol. The molecule has 0 unspecified atom stereocenters. The summed E-state index contributed by atoms with van der Waals surface area (Å²) in [7, 11) is 0. The molecule has 16 heavy (non-hydrogen) atoms. The van der Waals surface area contributed by atoms with Gasteiger partial charge < -0.3 is 15.7 Å². The van der Waals surface area contributed by atoms with Gasteiger partial charge in [0.1, 0.15) is 0 Å². The monoisotopic (exact) mass is 224 g/mol. The van der Waals surface area contributed by atoms with Gasteiger partial charge in [0.05, 0.1) is 6.10 Å². The predicted molar refractivity (Wildman–Crippen MR) is 64.2 cm³/mol. The van der Waals surface area contributed by atoms with E-state index < -0.39 is 0 Å². The van der Waals surface area contributed by atoms with Crippen LogP contribution in [0.2, 0.25) is 0 Å². The van der Waals surface area contributed by atoms with Gasteiger partial charge in [-0.05, 0) is 13.3 Å². The van der Waals surface area contributed by atoms with Crippen molar-refractivity contribution >= 4 is 5.95 Å². The number of aliphatic hydroxyl groups is 1. The molecule has 0 aromatic carbocycles. The topological polar surface area (TPSA) is 70.1 Å². The molecule has 90 valence electrons. The van der Waals surface area contributed by atoms with Gasteiger partial charge in [-0.1, -0.05) is 6.92 Å². The van der Waals surface area contributed by atoms with Crippen LogP contribution in [-0.2, 0) is 6.54 Å². The third kappa shape index (κ3) is 5.04. The Morgan fingerprint density at radius 2 is 2.06 bits per heavy atom. The molecule has 0 amide bonds. The van der Waals surface area contributed by atoms with Crippen molar-refractivity contribution in [3.63, 3.8) is 0 Å². The molecule has 5 heteroatoms. The Balaban J connectivity index is 2.33. The largest absolute Gasteiger partial charge is 0.392 e. The number of aliphatic hydroxyl groups excluding tert-OH is 1. The molecule has 0 aliphatic carbocycles. The fraction of sp³-hybridized carbons (Fsp3) is 0.636. The Bertz CT molecular complexity index is 287. The van der Waals surface area contributed by atoms with E-state index in [0.29, 0.717) is 19.0 Å². The maximum Gasteiger partial charge on any atom is 0.222 e. The number of rotatable bonds is 7. The molecular formula is C11H20N4O. The Hall–Kier alpha value is -1.20. The fourth-order valence-corrected chi connectivity index (χ4v) is 1.20. The van der Waals surface area contributed by atoms with Gasteiger partial charge in [-0.15, -0.1) is 0 Å². The van der Waals surface area contributed by atoms with Crippen LogP contribution in [0.3, 0.4) is 0 Å². The summed E-state index contributed by atoms with van der Waals surface area (Å²) in [5.74, 6) is 0.668. The number of nitrogens with one attached hydrogen (secondary N) is 2. The number of hydrogen-bond acceptors (Lipinski definition) is 5. The molecule has 1 rings (SSSR count). The predicted octanol–water partition coefficient (Wildman–Crippen LogP) is 0.769. The van der Waals surface area contributed by atoms with E-state index in [1.807, 2.05) is 0 Å². The summed E-state index contributed by atoms with van der Waals surface area (Å²) >= 11 is 0. The third-order valence-corrected chi connectivity index (χ3v) is 2.01. The molecule has 5 nitrogen and oxygen atoms in total. The van der Waals surface area contributed by atoms with Crippen LogP contribution in [0.15, 0.2) is 12.4 Å². The van der Waals surface area contributed by atoms with Gasteiger partial charge in [0.25, 0.3) is 0 Å². The zero-order chi connectivity index (χ0) is 11.8. The van der Waals surface area contributed by atoms with Crippen molar-refractivity contribution in [1.82, 2.24) is 15.3 Å². The maximum atomic E-state index is 9.07. The van der Waals surface area contributed by atoms with Gasteiger partial charge in [-0.2, -0.15) is 0 Å². The molecular weight excluding hydrogens is 204 g/mol. The highest BCUT2D eigenvalue weighted by Gasteiger charge is 1.98. The molecule has 1 atom stereocenters. The molecule has 1 heterocycles. The van der Waals surface area contributed by atoms with E-state index in [2.05, 4.69) is 27.5 Å². The fourth-order valence-electron chi connectivity index (χ4n) is 1.20. The molecule has 0 aliphatic heterocycles. The number of nitrogens with zero attached hydrogens (tertiary/aromatic N) is 2. The Kier molecular flexibility index (Phi) is 5.74. The van der Waals surface area contributed by atoms with Crippen LogP contribution >= 0.6 is 0 Å². The second-order valence-corrected chi connectivity index (χ2v) is 3.82. The van der Waals surface area contributed by atoms with Gasteiger partial charge in [-0.3, -0.25) is 0 Å². The summed E-state index contributed by atoms with van der Waals surface area (Å²) in [6.07, 6.45) is 4.31. The molecule has 1 aromatic heterocycles. The first-order valence-corrected chi connectivity index (χ1v) is 5.66. The van der Waals surface area contributed by atoms with E-state index in [1.54, 1.807) is 19.3 Å². The van der Waals surface area contributed by atoms with Gasteiger partial charge in [0.2, 0.25) is 5.95 Å². The smallest absolute Gasteiger partial charge is 0.222 e. The van der Waals surface area contributed by atoms with Crippen LogP contribution in [0.5, 0.6) is 0 Å². The molecule has 0 saturated heterocycles. The lowest BCUT2D eigenvalue weighted by Crippen LogP contribution is -2.24. The number of hydrogen-bond donors (Lipinski definition) is 3. The van der Waals surface area contributed by atoms with Crippen molar-refractivity contribution in [2.24, 2.45) is 0 Å². The van der Waals surface area contributed by atoms with E-state index in [0.717, 1.165) is 18.5 Å². The highest BCUT2D eigenvalue weighted by atomic mass is 16.3. The van der Waals surface area contributed by atoms with E-state index in [9.17, 15) is 0 Å². The molecule has 1 aromatic rings. The molecule has 0 radical (unpaired) electrons. The molecule has 0 bridgehead atoms. The van der Waals surface area contributed by atoms with Gasteiger partial charge >= 0.3 is 0 Å². The van der Waals surface area contributed by atoms with Crippen LogP contribution in [0.25, 0.3) is 0 Å². The first kappa shape index (κ1) is 12.9. The lowest BCUT2D eigenvalue weighted by atomic mass is 10.3. The molecule has 0 saturated carbocycles. The highest BCUT2D eigenvalue weighted by molar-refractivity contribution is 5.24. The minimum atomic E-state index is -0.327. The van der Waals surface area contributed by atoms with Crippen LogP contribution in [0.1, 0.15) is 25.8 Å². The molecule has 0 spiro atoms. The Morgan fingerprint density at radius 3 is 2.62 bits per heavy atom. The van der Waals surface area contributed by atoms with Crippen molar-refractivity contribution in [3.05, 3.63) is 18.0 Å². The Labute approximate surface area is 96.3 Å². The van der Waals surface area contributed by atoms with E-state index in [4.69, 9.17) is 5.11 Å². The highest BCUT2D eigenvalue weighted by Crippen LogP contribution is 2.00. The van der Waals surface area contributed by atoms with Gasteiger partial charge in [0.15, 0.2) is 0 Å². The summed E-state index contributed by atoms with van der Waals surface area (Å²) in [5, 5.41) is 15.3. The summed E-state index contributed by atoms with van der Waals surface area (Å²) in [4.78, 5) is 8.38. The molecule has 0 fully saturated rings. The molecule has 0 aliphatic rings. The number of anilines is 1. The lowest BCUT2D eigenvalue weighted by Gasteiger charge is -2.07. The third-order valence-electron chi connectivity index (χ3n) is 2.01. The quantitative estimate of drug-likeness (QED) is 0.638. The normalized spacial score (nSPS) is 12.4. The van der Waals surface area contributed by atoms with E-state index in [1.165, 1.54) is 0 Å². The van der Waals surface area contributed by atoms with Gasteiger partial charge in [0, 0.05) is 37.6 Å². The van der Waals surface area contributed by atoms with Crippen LogP contribution in [-0.4, -0.2) is 34.3 Å². The minimum absolute atomic E-state index is 0.327. The van der Waals surface area contributed by atoms with Gasteiger partial charge in [-0.25, -0.2) is 9.97 Å². The van der Waals surface area contributed by atoms with Crippen molar-refractivity contribution in [2.45, 2.75) is 32.9 Å². The van der Waals surface area contributed by atoms with E-state index in [-0.39, 0.29) is 6.10 Å². The second kappa shape index (κ2) is 7.14. The Morgan fingerprint density at radius 1 is 1.38 bits per heavy atom.